The minimum absolute atomic E-state index is 0.00716. The van der Waals surface area contributed by atoms with E-state index in [4.69, 9.17) is 4.74 Å². The van der Waals surface area contributed by atoms with E-state index in [0.29, 0.717) is 37.2 Å². The van der Waals surface area contributed by atoms with Crippen LogP contribution in [-0.2, 0) is 26.0 Å². The van der Waals surface area contributed by atoms with Gasteiger partial charge in [0.25, 0.3) is 0 Å². The molecule has 0 spiro atoms. The number of nitrogens with one attached hydrogen (secondary N) is 2. The lowest BCUT2D eigenvalue weighted by Gasteiger charge is -2.21. The molecule has 2 amide bonds. The molecule has 1 heterocycles. The summed E-state index contributed by atoms with van der Waals surface area (Å²) in [6.07, 6.45) is 1.30. The first kappa shape index (κ1) is 25.7. The van der Waals surface area contributed by atoms with Crippen LogP contribution in [0.5, 0.6) is 5.75 Å². The first-order valence-corrected chi connectivity index (χ1v) is 12.9. The molecule has 2 aromatic carbocycles. The van der Waals surface area contributed by atoms with Crippen molar-refractivity contribution in [2.75, 3.05) is 23.9 Å². The van der Waals surface area contributed by atoms with E-state index in [9.17, 15) is 18.0 Å². The Morgan fingerprint density at radius 3 is 2.53 bits per heavy atom. The molecule has 1 aliphatic rings. The van der Waals surface area contributed by atoms with Gasteiger partial charge in [-0.05, 0) is 67.1 Å². The highest BCUT2D eigenvalue weighted by Crippen LogP contribution is 2.31. The lowest BCUT2D eigenvalue weighted by atomic mass is 10.0. The van der Waals surface area contributed by atoms with Crippen molar-refractivity contribution in [3.05, 3.63) is 47.5 Å². The normalized spacial score (nSPS) is 14.1. The number of hydrogen-bond donors (Lipinski definition) is 2. The molecule has 184 valence electrons. The van der Waals surface area contributed by atoms with Crippen LogP contribution in [0.3, 0.4) is 0 Å². The molecule has 9 heteroatoms. The van der Waals surface area contributed by atoms with Gasteiger partial charge in [0, 0.05) is 18.7 Å². The summed E-state index contributed by atoms with van der Waals surface area (Å²) in [6.45, 7) is 8.09. The molecule has 1 atom stereocenters. The minimum Gasteiger partial charge on any atom is -0.495 e. The highest BCUT2D eigenvalue weighted by molar-refractivity contribution is 7.89. The van der Waals surface area contributed by atoms with Crippen LogP contribution in [0.15, 0.2) is 41.3 Å². The van der Waals surface area contributed by atoms with Gasteiger partial charge < -0.3 is 15.0 Å². The number of amides is 2. The molecule has 0 saturated heterocycles. The second-order valence-electron chi connectivity index (χ2n) is 8.94. The summed E-state index contributed by atoms with van der Waals surface area (Å²) < 4.78 is 34.4. The molecular formula is C25H33N3O5S. The number of aryl methyl sites for hydroxylation is 1. The smallest absolute Gasteiger partial charge is 0.242 e. The molecular weight excluding hydrogens is 454 g/mol. The van der Waals surface area contributed by atoms with Gasteiger partial charge in [0.15, 0.2) is 0 Å². The SMILES string of the molecule is CCC(=O)N1CCc2cc(S(=O)(=O)NC(CC(C)C)C(=O)Nc3cc(C)ccc3OC)ccc21. The number of anilines is 2. The largest absolute Gasteiger partial charge is 0.495 e. The zero-order valence-electron chi connectivity index (χ0n) is 20.3. The highest BCUT2D eigenvalue weighted by Gasteiger charge is 2.30. The average Bonchev–Trinajstić information content (AvgIpc) is 3.21. The molecule has 2 aromatic rings. The van der Waals surface area contributed by atoms with Crippen LogP contribution in [0, 0.1) is 12.8 Å². The van der Waals surface area contributed by atoms with Gasteiger partial charge in [0.05, 0.1) is 17.7 Å². The predicted molar refractivity (Wildman–Crippen MR) is 133 cm³/mol. The van der Waals surface area contributed by atoms with Gasteiger partial charge in [-0.3, -0.25) is 9.59 Å². The van der Waals surface area contributed by atoms with Gasteiger partial charge in [-0.15, -0.1) is 0 Å². The van der Waals surface area contributed by atoms with E-state index in [1.807, 2.05) is 26.8 Å². The number of methoxy groups -OCH3 is 1. The molecule has 0 aliphatic carbocycles. The summed E-state index contributed by atoms with van der Waals surface area (Å²) in [5.74, 6) is 0.121. The first-order chi connectivity index (χ1) is 16.1. The molecule has 1 aliphatic heterocycles. The van der Waals surface area contributed by atoms with Crippen LogP contribution in [0.4, 0.5) is 11.4 Å². The van der Waals surface area contributed by atoms with Gasteiger partial charge >= 0.3 is 0 Å². The molecule has 8 nitrogen and oxygen atoms in total. The van der Waals surface area contributed by atoms with E-state index in [0.717, 1.165) is 16.8 Å². The van der Waals surface area contributed by atoms with Crippen LogP contribution in [0.1, 0.15) is 44.7 Å². The van der Waals surface area contributed by atoms with Crippen molar-refractivity contribution >= 4 is 33.2 Å². The summed E-state index contributed by atoms with van der Waals surface area (Å²) >= 11 is 0. The predicted octanol–water partition coefficient (Wildman–Crippen LogP) is 3.63. The quantitative estimate of drug-likeness (QED) is 0.562. The molecule has 0 bridgehead atoms. The fraction of sp³-hybridized carbons (Fsp3) is 0.440. The third-order valence-corrected chi connectivity index (χ3v) is 7.26. The number of sulfonamides is 1. The number of hydrogen-bond acceptors (Lipinski definition) is 5. The van der Waals surface area contributed by atoms with Crippen LogP contribution in [0.2, 0.25) is 0 Å². The standard InChI is InChI=1S/C25H33N3O5S/c1-6-24(29)28-12-11-18-15-19(8-9-22(18)28)34(31,32)27-21(13-16(2)3)25(30)26-20-14-17(4)7-10-23(20)33-5/h7-10,14-16,21,27H,6,11-13H2,1-5H3,(H,26,30). The lowest BCUT2D eigenvalue weighted by molar-refractivity contribution is -0.118. The zero-order chi connectivity index (χ0) is 25.0. The number of nitrogens with zero attached hydrogens (tertiary/aromatic N) is 1. The Morgan fingerprint density at radius 2 is 1.88 bits per heavy atom. The molecule has 3 rings (SSSR count). The maximum absolute atomic E-state index is 13.2. The van der Waals surface area contributed by atoms with E-state index in [-0.39, 0.29) is 16.7 Å². The fourth-order valence-electron chi connectivity index (χ4n) is 4.07. The van der Waals surface area contributed by atoms with Crippen LogP contribution >= 0.6 is 0 Å². The number of fused-ring (bicyclic) bond motifs is 1. The van der Waals surface area contributed by atoms with Crippen molar-refractivity contribution < 1.29 is 22.7 Å². The molecule has 34 heavy (non-hydrogen) atoms. The Balaban J connectivity index is 1.84. The first-order valence-electron chi connectivity index (χ1n) is 11.5. The molecule has 0 fully saturated rings. The van der Waals surface area contributed by atoms with Crippen molar-refractivity contribution in [1.29, 1.82) is 0 Å². The van der Waals surface area contributed by atoms with Gasteiger partial charge in [-0.2, -0.15) is 4.72 Å². The average molecular weight is 488 g/mol. The Kier molecular flexibility index (Phi) is 7.99. The van der Waals surface area contributed by atoms with E-state index in [1.165, 1.54) is 13.2 Å². The van der Waals surface area contributed by atoms with Crippen molar-refractivity contribution in [2.24, 2.45) is 5.92 Å². The Morgan fingerprint density at radius 1 is 1.15 bits per heavy atom. The molecule has 0 saturated carbocycles. The van der Waals surface area contributed by atoms with Crippen molar-refractivity contribution in [3.63, 3.8) is 0 Å². The Labute approximate surface area is 201 Å². The topological polar surface area (TPSA) is 105 Å². The second kappa shape index (κ2) is 10.6. The van der Waals surface area contributed by atoms with Crippen LogP contribution in [0.25, 0.3) is 0 Å². The monoisotopic (exact) mass is 487 g/mol. The summed E-state index contributed by atoms with van der Waals surface area (Å²) in [5, 5.41) is 2.81. The fourth-order valence-corrected chi connectivity index (χ4v) is 5.33. The van der Waals surface area contributed by atoms with Gasteiger partial charge in [-0.1, -0.05) is 26.8 Å². The minimum atomic E-state index is -3.98. The van der Waals surface area contributed by atoms with E-state index in [2.05, 4.69) is 10.0 Å². The van der Waals surface area contributed by atoms with Crippen molar-refractivity contribution in [2.45, 2.75) is 57.9 Å². The summed E-state index contributed by atoms with van der Waals surface area (Å²) in [7, 11) is -2.47. The Hall–Kier alpha value is -2.91. The van der Waals surface area contributed by atoms with E-state index in [1.54, 1.807) is 36.1 Å². The number of benzene rings is 2. The summed E-state index contributed by atoms with van der Waals surface area (Å²) in [4.78, 5) is 27.0. The highest BCUT2D eigenvalue weighted by atomic mass is 32.2. The summed E-state index contributed by atoms with van der Waals surface area (Å²) in [5.41, 5.74) is 2.97. The van der Waals surface area contributed by atoms with E-state index >= 15 is 0 Å². The van der Waals surface area contributed by atoms with Crippen molar-refractivity contribution in [1.82, 2.24) is 4.72 Å². The maximum Gasteiger partial charge on any atom is 0.242 e. The number of ether oxygens (including phenoxy) is 1. The maximum atomic E-state index is 13.2. The molecule has 0 radical (unpaired) electrons. The molecule has 1 unspecified atom stereocenters. The second-order valence-corrected chi connectivity index (χ2v) is 10.6. The van der Waals surface area contributed by atoms with E-state index < -0.39 is 22.0 Å². The third kappa shape index (κ3) is 5.77. The molecule has 2 N–H and O–H groups in total. The number of carbonyl (C=O) groups excluding carboxylic acids is 2. The zero-order valence-corrected chi connectivity index (χ0v) is 21.2. The van der Waals surface area contributed by atoms with Gasteiger partial charge in [0.2, 0.25) is 21.8 Å². The van der Waals surface area contributed by atoms with Crippen LogP contribution < -0.4 is 19.7 Å². The third-order valence-electron chi connectivity index (χ3n) is 5.79. The van der Waals surface area contributed by atoms with Gasteiger partial charge in [0.1, 0.15) is 11.8 Å². The van der Waals surface area contributed by atoms with Crippen LogP contribution in [-0.4, -0.2) is 39.9 Å². The van der Waals surface area contributed by atoms with Gasteiger partial charge in [-0.25, -0.2) is 8.42 Å². The Bertz CT molecular complexity index is 1180. The number of carbonyl (C=O) groups is 2. The lowest BCUT2D eigenvalue weighted by Crippen LogP contribution is -2.44. The molecule has 0 aromatic heterocycles. The number of rotatable bonds is 9. The van der Waals surface area contributed by atoms with Crippen molar-refractivity contribution in [3.8, 4) is 5.75 Å². The summed E-state index contributed by atoms with van der Waals surface area (Å²) in [6, 6.07) is 9.17.